The monoisotopic (exact) mass is 372 g/mol. The number of rotatable bonds is 4. The number of alkyl halides is 3. The third kappa shape index (κ3) is 3.89. The van der Waals surface area contributed by atoms with E-state index in [1.807, 2.05) is 35.8 Å². The molecule has 0 saturated carbocycles. The van der Waals surface area contributed by atoms with Crippen molar-refractivity contribution in [2.45, 2.75) is 26.6 Å². The summed E-state index contributed by atoms with van der Waals surface area (Å²) in [6.07, 6.45) is -4.39. The number of aryl methyl sites for hydroxylation is 1. The van der Waals surface area contributed by atoms with Crippen LogP contribution in [0.1, 0.15) is 32.7 Å². The smallest absolute Gasteiger partial charge is 0.366 e. The van der Waals surface area contributed by atoms with Crippen LogP contribution in [0.15, 0.2) is 54.6 Å². The summed E-state index contributed by atoms with van der Waals surface area (Å²) < 4.78 is 40.4. The lowest BCUT2D eigenvalue weighted by molar-refractivity contribution is -0.137. The van der Waals surface area contributed by atoms with Crippen LogP contribution in [-0.2, 0) is 12.7 Å². The van der Waals surface area contributed by atoms with E-state index in [0.717, 1.165) is 23.3 Å². The fraction of sp³-hybridized carbons (Fsp3) is 0.190. The highest BCUT2D eigenvalue weighted by molar-refractivity contribution is 5.95. The van der Waals surface area contributed by atoms with Gasteiger partial charge in [0.15, 0.2) is 0 Å². The lowest BCUT2D eigenvalue weighted by atomic mass is 10.1. The lowest BCUT2D eigenvalue weighted by Crippen LogP contribution is -2.12. The van der Waals surface area contributed by atoms with E-state index < -0.39 is 17.6 Å². The summed E-state index contributed by atoms with van der Waals surface area (Å²) in [6, 6.07) is 14.5. The molecule has 27 heavy (non-hydrogen) atoms. The van der Waals surface area contributed by atoms with Crippen LogP contribution < -0.4 is 5.73 Å². The van der Waals surface area contributed by atoms with E-state index in [9.17, 15) is 18.0 Å². The Bertz CT molecular complexity index is 986. The van der Waals surface area contributed by atoms with Gasteiger partial charge in [0.2, 0.25) is 0 Å². The number of hydrogen-bond donors (Lipinski definition) is 1. The van der Waals surface area contributed by atoms with Crippen molar-refractivity contribution in [2.24, 2.45) is 5.73 Å². The third-order valence-corrected chi connectivity index (χ3v) is 4.56. The molecule has 0 atom stereocenters. The first-order valence-corrected chi connectivity index (χ1v) is 8.40. The van der Waals surface area contributed by atoms with Crippen LogP contribution in [0.3, 0.4) is 0 Å². The van der Waals surface area contributed by atoms with E-state index in [2.05, 4.69) is 0 Å². The average molecular weight is 372 g/mol. The number of primary amides is 1. The fourth-order valence-electron chi connectivity index (χ4n) is 3.16. The Balaban J connectivity index is 2.09. The molecule has 6 heteroatoms. The van der Waals surface area contributed by atoms with Crippen molar-refractivity contribution >= 4 is 5.91 Å². The van der Waals surface area contributed by atoms with E-state index in [1.54, 1.807) is 13.0 Å². The van der Waals surface area contributed by atoms with Gasteiger partial charge < -0.3 is 10.3 Å². The van der Waals surface area contributed by atoms with E-state index >= 15 is 0 Å². The normalized spacial score (nSPS) is 11.6. The number of nitrogens with zero attached hydrogens (tertiary/aromatic N) is 1. The number of nitrogens with two attached hydrogens (primary N) is 1. The minimum Gasteiger partial charge on any atom is -0.366 e. The van der Waals surface area contributed by atoms with Gasteiger partial charge in [0.25, 0.3) is 5.91 Å². The maximum Gasteiger partial charge on any atom is 0.416 e. The zero-order valence-corrected chi connectivity index (χ0v) is 15.0. The molecule has 0 saturated heterocycles. The summed E-state index contributed by atoms with van der Waals surface area (Å²) in [5, 5.41) is 0. The maximum absolute atomic E-state index is 12.8. The highest BCUT2D eigenvalue weighted by Crippen LogP contribution is 2.32. The molecule has 0 bridgehead atoms. The second-order valence-electron chi connectivity index (χ2n) is 6.54. The first-order chi connectivity index (χ1) is 12.7. The summed E-state index contributed by atoms with van der Waals surface area (Å²) in [4.78, 5) is 11.8. The number of hydrogen-bond acceptors (Lipinski definition) is 1. The number of benzene rings is 2. The maximum atomic E-state index is 12.8. The molecule has 1 aromatic heterocycles. The largest absolute Gasteiger partial charge is 0.416 e. The standard InChI is InChI=1S/C21H19F3N2O/c1-13-4-3-5-15(10-13)12-26-14(2)18(20(25)27)11-19(26)16-6-8-17(9-7-16)21(22,23)24/h3-11H,12H2,1-2H3,(H2,25,27). The van der Waals surface area contributed by atoms with Crippen LogP contribution in [0.2, 0.25) is 0 Å². The number of carbonyl (C=O) groups is 1. The number of carbonyl (C=O) groups excluding carboxylic acids is 1. The van der Waals surface area contributed by atoms with Gasteiger partial charge in [0.1, 0.15) is 0 Å². The molecule has 2 aromatic carbocycles. The van der Waals surface area contributed by atoms with Crippen LogP contribution in [0.5, 0.6) is 0 Å². The molecule has 1 amide bonds. The summed E-state index contributed by atoms with van der Waals surface area (Å²) >= 11 is 0. The van der Waals surface area contributed by atoms with Gasteiger partial charge >= 0.3 is 6.18 Å². The Morgan fingerprint density at radius 2 is 1.70 bits per heavy atom. The highest BCUT2D eigenvalue weighted by atomic mass is 19.4. The van der Waals surface area contributed by atoms with Crippen molar-refractivity contribution in [3.63, 3.8) is 0 Å². The molecule has 0 unspecified atom stereocenters. The molecule has 0 radical (unpaired) electrons. The Morgan fingerprint density at radius 1 is 1.04 bits per heavy atom. The highest BCUT2D eigenvalue weighted by Gasteiger charge is 2.30. The average Bonchev–Trinajstić information content (AvgIpc) is 2.91. The molecule has 0 aliphatic heterocycles. The van der Waals surface area contributed by atoms with Gasteiger partial charge in [-0.3, -0.25) is 4.79 Å². The van der Waals surface area contributed by atoms with Gasteiger partial charge in [-0.15, -0.1) is 0 Å². The Morgan fingerprint density at radius 3 is 2.26 bits per heavy atom. The van der Waals surface area contributed by atoms with Gasteiger partial charge in [-0.25, -0.2) is 0 Å². The lowest BCUT2D eigenvalue weighted by Gasteiger charge is -2.14. The van der Waals surface area contributed by atoms with Crippen molar-refractivity contribution in [2.75, 3.05) is 0 Å². The SMILES string of the molecule is Cc1cccc(Cn2c(-c3ccc(C(F)(F)F)cc3)cc(C(N)=O)c2C)c1. The third-order valence-electron chi connectivity index (χ3n) is 4.56. The van der Waals surface area contributed by atoms with Crippen LogP contribution in [-0.4, -0.2) is 10.5 Å². The van der Waals surface area contributed by atoms with E-state index in [4.69, 9.17) is 5.73 Å². The van der Waals surface area contributed by atoms with Crippen molar-refractivity contribution < 1.29 is 18.0 Å². The Labute approximate surface area is 155 Å². The second-order valence-corrected chi connectivity index (χ2v) is 6.54. The van der Waals surface area contributed by atoms with Crippen LogP contribution in [0.4, 0.5) is 13.2 Å². The minimum atomic E-state index is -4.39. The molecule has 3 aromatic rings. The van der Waals surface area contributed by atoms with E-state index in [0.29, 0.717) is 29.1 Å². The molecule has 0 fully saturated rings. The summed E-state index contributed by atoms with van der Waals surface area (Å²) in [5.74, 6) is -0.566. The van der Waals surface area contributed by atoms with E-state index in [1.165, 1.54) is 12.1 Å². The van der Waals surface area contributed by atoms with Crippen molar-refractivity contribution in [1.29, 1.82) is 0 Å². The van der Waals surface area contributed by atoms with Gasteiger partial charge in [-0.2, -0.15) is 13.2 Å². The van der Waals surface area contributed by atoms with Crippen molar-refractivity contribution in [3.8, 4) is 11.3 Å². The van der Waals surface area contributed by atoms with Crippen molar-refractivity contribution in [1.82, 2.24) is 4.57 Å². The first kappa shape index (κ1) is 18.8. The van der Waals surface area contributed by atoms with Crippen LogP contribution in [0.25, 0.3) is 11.3 Å². The molecule has 0 aliphatic carbocycles. The molecular weight excluding hydrogens is 353 g/mol. The minimum absolute atomic E-state index is 0.359. The molecule has 2 N–H and O–H groups in total. The Kier molecular flexibility index (Phi) is 4.83. The first-order valence-electron chi connectivity index (χ1n) is 8.40. The molecule has 140 valence electrons. The predicted molar refractivity (Wildman–Crippen MR) is 98.4 cm³/mol. The van der Waals surface area contributed by atoms with Crippen molar-refractivity contribution in [3.05, 3.63) is 82.5 Å². The molecular formula is C21H19F3N2O. The zero-order valence-electron chi connectivity index (χ0n) is 15.0. The zero-order chi connectivity index (χ0) is 19.8. The quantitative estimate of drug-likeness (QED) is 0.693. The molecule has 0 aliphatic rings. The van der Waals surface area contributed by atoms with Gasteiger partial charge in [-0.1, -0.05) is 42.0 Å². The molecule has 3 nitrogen and oxygen atoms in total. The van der Waals surface area contributed by atoms with Gasteiger partial charge in [-0.05, 0) is 43.2 Å². The van der Waals surface area contributed by atoms with Gasteiger partial charge in [0, 0.05) is 17.9 Å². The molecule has 0 spiro atoms. The number of halogens is 3. The summed E-state index contributed by atoms with van der Waals surface area (Å²) in [6.45, 7) is 4.25. The number of amides is 1. The molecule has 3 rings (SSSR count). The van der Waals surface area contributed by atoms with Crippen LogP contribution in [0, 0.1) is 13.8 Å². The number of aromatic nitrogens is 1. The fourth-order valence-corrected chi connectivity index (χ4v) is 3.16. The second kappa shape index (κ2) is 6.95. The topological polar surface area (TPSA) is 48.0 Å². The predicted octanol–water partition coefficient (Wildman–Crippen LogP) is 4.94. The van der Waals surface area contributed by atoms with Gasteiger partial charge in [0.05, 0.1) is 11.1 Å². The Hall–Kier alpha value is -3.02. The summed E-state index contributed by atoms with van der Waals surface area (Å²) in [5.41, 5.74) is 9.16. The van der Waals surface area contributed by atoms with Crippen LogP contribution >= 0.6 is 0 Å². The van der Waals surface area contributed by atoms with E-state index in [-0.39, 0.29) is 0 Å². The summed E-state index contributed by atoms with van der Waals surface area (Å²) in [7, 11) is 0. The molecule has 1 heterocycles.